The second kappa shape index (κ2) is 6.76. The molecule has 2 aromatic carbocycles. The van der Waals surface area contributed by atoms with Crippen LogP contribution < -0.4 is 10.1 Å². The molecule has 21 heavy (non-hydrogen) atoms. The number of hydrogen-bond donors (Lipinski definition) is 1. The van der Waals surface area contributed by atoms with Crippen molar-refractivity contribution in [2.45, 2.75) is 26.9 Å². The van der Waals surface area contributed by atoms with Crippen LogP contribution in [0.5, 0.6) is 5.75 Å². The summed E-state index contributed by atoms with van der Waals surface area (Å²) < 4.78 is 6.80. The molecular formula is C17H18BrNO2. The van der Waals surface area contributed by atoms with Crippen LogP contribution in [0.2, 0.25) is 0 Å². The van der Waals surface area contributed by atoms with Crippen molar-refractivity contribution in [3.8, 4) is 5.75 Å². The Kier molecular flexibility index (Phi) is 5.02. The first-order valence-electron chi connectivity index (χ1n) is 6.76. The van der Waals surface area contributed by atoms with Crippen molar-refractivity contribution in [2.24, 2.45) is 0 Å². The molecule has 0 saturated heterocycles. The lowest BCUT2D eigenvalue weighted by Gasteiger charge is -2.16. The molecule has 0 spiro atoms. The molecule has 110 valence electrons. The molecule has 0 aromatic heterocycles. The second-order valence-electron chi connectivity index (χ2n) is 4.99. The summed E-state index contributed by atoms with van der Waals surface area (Å²) in [5.41, 5.74) is 2.93. The molecule has 1 N–H and O–H groups in total. The summed E-state index contributed by atoms with van der Waals surface area (Å²) in [6.45, 7) is 5.74. The molecule has 0 aliphatic carbocycles. The lowest BCUT2D eigenvalue weighted by Crippen LogP contribution is -2.30. The molecule has 1 atom stereocenters. The molecule has 0 aliphatic rings. The van der Waals surface area contributed by atoms with Crippen LogP contribution in [0.1, 0.15) is 18.1 Å². The second-order valence-corrected chi connectivity index (χ2v) is 5.78. The third-order valence-electron chi connectivity index (χ3n) is 3.13. The van der Waals surface area contributed by atoms with E-state index >= 15 is 0 Å². The Hall–Kier alpha value is -1.81. The largest absolute Gasteiger partial charge is 0.481 e. The molecule has 4 heteroatoms. The number of rotatable bonds is 4. The Bertz CT molecular complexity index is 617. The highest BCUT2D eigenvalue weighted by atomic mass is 79.9. The summed E-state index contributed by atoms with van der Waals surface area (Å²) in [7, 11) is 0. The van der Waals surface area contributed by atoms with Gasteiger partial charge in [-0.3, -0.25) is 4.79 Å². The van der Waals surface area contributed by atoms with Gasteiger partial charge in [-0.15, -0.1) is 0 Å². The van der Waals surface area contributed by atoms with Crippen LogP contribution in [0, 0.1) is 13.8 Å². The first kappa shape index (κ1) is 15.6. The van der Waals surface area contributed by atoms with Crippen molar-refractivity contribution in [3.05, 3.63) is 58.1 Å². The molecule has 1 amide bonds. The summed E-state index contributed by atoms with van der Waals surface area (Å²) in [5, 5.41) is 2.83. The third-order valence-corrected chi connectivity index (χ3v) is 4.38. The maximum atomic E-state index is 12.1. The van der Waals surface area contributed by atoms with Crippen LogP contribution in [0.3, 0.4) is 0 Å². The number of halogens is 1. The van der Waals surface area contributed by atoms with Crippen molar-refractivity contribution < 1.29 is 9.53 Å². The molecule has 0 bridgehead atoms. The molecule has 0 aliphatic heterocycles. The standard InChI is InChI=1S/C17H18BrNO2/c1-11-9-15(10-12(2)16(11)18)21-13(3)17(20)19-14-7-5-4-6-8-14/h4-10,13H,1-3H3,(H,19,20). The minimum atomic E-state index is -0.565. The minimum absolute atomic E-state index is 0.167. The van der Waals surface area contributed by atoms with Gasteiger partial charge in [0, 0.05) is 10.2 Å². The maximum Gasteiger partial charge on any atom is 0.265 e. The van der Waals surface area contributed by atoms with Crippen LogP contribution in [-0.4, -0.2) is 12.0 Å². The van der Waals surface area contributed by atoms with Crippen LogP contribution in [0.4, 0.5) is 5.69 Å². The lowest BCUT2D eigenvalue weighted by atomic mass is 10.1. The van der Waals surface area contributed by atoms with Gasteiger partial charge in [0.05, 0.1) is 0 Å². The van der Waals surface area contributed by atoms with Crippen molar-refractivity contribution in [1.82, 2.24) is 0 Å². The number of hydrogen-bond acceptors (Lipinski definition) is 2. The molecule has 0 fully saturated rings. The van der Waals surface area contributed by atoms with Crippen LogP contribution in [-0.2, 0) is 4.79 Å². The van der Waals surface area contributed by atoms with Gasteiger partial charge >= 0.3 is 0 Å². The van der Waals surface area contributed by atoms with E-state index in [-0.39, 0.29) is 5.91 Å². The molecule has 3 nitrogen and oxygen atoms in total. The Morgan fingerprint density at radius 2 is 1.71 bits per heavy atom. The SMILES string of the molecule is Cc1cc(OC(C)C(=O)Nc2ccccc2)cc(C)c1Br. The van der Waals surface area contributed by atoms with Crippen molar-refractivity contribution in [1.29, 1.82) is 0 Å². The molecule has 0 saturated carbocycles. The number of para-hydroxylation sites is 1. The summed E-state index contributed by atoms with van der Waals surface area (Å²) in [5.74, 6) is 0.531. The quantitative estimate of drug-likeness (QED) is 0.885. The van der Waals surface area contributed by atoms with E-state index in [2.05, 4.69) is 21.2 Å². The lowest BCUT2D eigenvalue weighted by molar-refractivity contribution is -0.122. The third kappa shape index (κ3) is 4.08. The minimum Gasteiger partial charge on any atom is -0.481 e. The summed E-state index contributed by atoms with van der Waals surface area (Å²) in [4.78, 5) is 12.1. The average molecular weight is 348 g/mol. The fourth-order valence-electron chi connectivity index (χ4n) is 2.00. The van der Waals surface area contributed by atoms with E-state index in [4.69, 9.17) is 4.74 Å². The Morgan fingerprint density at radius 3 is 2.29 bits per heavy atom. The van der Waals surface area contributed by atoms with E-state index in [1.165, 1.54) is 0 Å². The first-order valence-corrected chi connectivity index (χ1v) is 7.56. The maximum absolute atomic E-state index is 12.1. The van der Waals surface area contributed by atoms with Gasteiger partial charge in [0.15, 0.2) is 6.10 Å². The van der Waals surface area contributed by atoms with Crippen LogP contribution in [0.25, 0.3) is 0 Å². The molecule has 0 heterocycles. The first-order chi connectivity index (χ1) is 9.97. The van der Waals surface area contributed by atoms with E-state index in [0.29, 0.717) is 5.75 Å². The molecule has 1 unspecified atom stereocenters. The fourth-order valence-corrected chi connectivity index (χ4v) is 2.23. The number of benzene rings is 2. The Morgan fingerprint density at radius 1 is 1.14 bits per heavy atom. The molecule has 2 aromatic rings. The number of anilines is 1. The van der Waals surface area contributed by atoms with Crippen LogP contribution in [0.15, 0.2) is 46.9 Å². The van der Waals surface area contributed by atoms with Gasteiger partial charge in [0.1, 0.15) is 5.75 Å². The summed E-state index contributed by atoms with van der Waals surface area (Å²) >= 11 is 3.52. The fraction of sp³-hybridized carbons (Fsp3) is 0.235. The molecule has 2 rings (SSSR count). The molecule has 0 radical (unpaired) electrons. The zero-order valence-corrected chi connectivity index (χ0v) is 13.9. The van der Waals surface area contributed by atoms with Gasteiger partial charge in [-0.2, -0.15) is 0 Å². The van der Waals surface area contributed by atoms with Gasteiger partial charge in [-0.1, -0.05) is 34.1 Å². The zero-order valence-electron chi connectivity index (χ0n) is 12.3. The summed E-state index contributed by atoms with van der Waals surface area (Å²) in [6, 6.07) is 13.2. The number of amides is 1. The number of ether oxygens (including phenoxy) is 1. The predicted molar refractivity (Wildman–Crippen MR) is 88.8 cm³/mol. The number of aryl methyl sites for hydroxylation is 2. The normalized spacial score (nSPS) is 11.8. The summed E-state index contributed by atoms with van der Waals surface area (Å²) in [6.07, 6.45) is -0.565. The number of carbonyl (C=O) groups excluding carboxylic acids is 1. The number of nitrogens with one attached hydrogen (secondary N) is 1. The van der Waals surface area contributed by atoms with E-state index < -0.39 is 6.10 Å². The smallest absolute Gasteiger partial charge is 0.265 e. The topological polar surface area (TPSA) is 38.3 Å². The van der Waals surface area contributed by atoms with Gasteiger partial charge in [-0.05, 0) is 56.2 Å². The van der Waals surface area contributed by atoms with Crippen LogP contribution >= 0.6 is 15.9 Å². The van der Waals surface area contributed by atoms with Crippen molar-refractivity contribution in [3.63, 3.8) is 0 Å². The Balaban J connectivity index is 2.04. The highest BCUT2D eigenvalue weighted by Crippen LogP contribution is 2.27. The van der Waals surface area contributed by atoms with E-state index in [1.54, 1.807) is 6.92 Å². The van der Waals surface area contributed by atoms with Gasteiger partial charge < -0.3 is 10.1 Å². The zero-order chi connectivity index (χ0) is 15.4. The van der Waals surface area contributed by atoms with E-state index in [1.807, 2.05) is 56.3 Å². The predicted octanol–water partition coefficient (Wildman–Crippen LogP) is 4.47. The highest BCUT2D eigenvalue weighted by molar-refractivity contribution is 9.10. The van der Waals surface area contributed by atoms with Crippen molar-refractivity contribution in [2.75, 3.05) is 5.32 Å². The number of carbonyl (C=O) groups is 1. The monoisotopic (exact) mass is 347 g/mol. The van der Waals surface area contributed by atoms with Gasteiger partial charge in [0.2, 0.25) is 0 Å². The van der Waals surface area contributed by atoms with E-state index in [9.17, 15) is 4.79 Å². The highest BCUT2D eigenvalue weighted by Gasteiger charge is 2.15. The van der Waals surface area contributed by atoms with E-state index in [0.717, 1.165) is 21.3 Å². The average Bonchev–Trinajstić information content (AvgIpc) is 2.45. The Labute approximate surface area is 133 Å². The van der Waals surface area contributed by atoms with Crippen molar-refractivity contribution >= 4 is 27.5 Å². The molecular weight excluding hydrogens is 330 g/mol. The van der Waals surface area contributed by atoms with Gasteiger partial charge in [-0.25, -0.2) is 0 Å². The van der Waals surface area contributed by atoms with Gasteiger partial charge in [0.25, 0.3) is 5.91 Å².